The lowest BCUT2D eigenvalue weighted by atomic mass is 10.1. The van der Waals surface area contributed by atoms with E-state index in [2.05, 4.69) is 10.2 Å². The highest BCUT2D eigenvalue weighted by molar-refractivity contribution is 5.94. The van der Waals surface area contributed by atoms with Crippen LogP contribution in [0.3, 0.4) is 0 Å². The van der Waals surface area contributed by atoms with Crippen molar-refractivity contribution in [3.63, 3.8) is 0 Å². The van der Waals surface area contributed by atoms with Crippen molar-refractivity contribution in [3.8, 4) is 0 Å². The first kappa shape index (κ1) is 18.2. The smallest absolute Gasteiger partial charge is 0.251 e. The molecule has 2 aliphatic rings. The normalized spacial score (nSPS) is 21.3. The second-order valence-corrected chi connectivity index (χ2v) is 5.59. The summed E-state index contributed by atoms with van der Waals surface area (Å²) < 4.78 is 0. The van der Waals surface area contributed by atoms with Crippen molar-refractivity contribution in [1.82, 2.24) is 10.2 Å². The van der Waals surface area contributed by atoms with Crippen LogP contribution in [-0.2, 0) is 6.54 Å². The van der Waals surface area contributed by atoms with Crippen molar-refractivity contribution in [2.75, 3.05) is 13.1 Å². The van der Waals surface area contributed by atoms with E-state index in [9.17, 15) is 4.79 Å². The molecule has 0 bridgehead atoms. The number of carbonyl (C=O) groups excluding carboxylic acids is 1. The molecule has 3 N–H and O–H groups in total. The predicted octanol–water partition coefficient (Wildman–Crippen LogP) is 1.96. The Morgan fingerprint density at radius 1 is 1.19 bits per heavy atom. The first-order chi connectivity index (χ1) is 9.26. The second-order valence-electron chi connectivity index (χ2n) is 5.59. The molecular formula is C15H23Cl2N3O. The number of nitrogens with one attached hydrogen (secondary N) is 1. The maximum atomic E-state index is 12.1. The fourth-order valence-electron chi connectivity index (χ4n) is 2.74. The summed E-state index contributed by atoms with van der Waals surface area (Å²) in [6, 6.07) is 8.64. The Hall–Kier alpha value is -0.810. The zero-order valence-electron chi connectivity index (χ0n) is 12.0. The van der Waals surface area contributed by atoms with E-state index in [1.165, 1.54) is 12.8 Å². The van der Waals surface area contributed by atoms with Gasteiger partial charge in [0.2, 0.25) is 0 Å². The third kappa shape index (κ3) is 4.58. The summed E-state index contributed by atoms with van der Waals surface area (Å²) in [4.78, 5) is 14.6. The molecule has 2 fully saturated rings. The van der Waals surface area contributed by atoms with Gasteiger partial charge in [0.15, 0.2) is 0 Å². The molecule has 3 rings (SSSR count). The number of benzene rings is 1. The molecule has 1 amide bonds. The third-order valence-corrected chi connectivity index (χ3v) is 4.07. The Kier molecular flexibility index (Phi) is 6.94. The first-order valence-corrected chi connectivity index (χ1v) is 7.10. The SMILES string of the molecule is Cl.Cl.NCc1ccc(C(=O)NC2CCN(C3CC3)C2)cc1. The molecule has 118 valence electrons. The highest BCUT2D eigenvalue weighted by Crippen LogP contribution is 2.29. The van der Waals surface area contributed by atoms with E-state index in [1.807, 2.05) is 24.3 Å². The number of rotatable bonds is 4. The van der Waals surface area contributed by atoms with Crippen LogP contribution in [0.1, 0.15) is 35.2 Å². The highest BCUT2D eigenvalue weighted by atomic mass is 35.5. The predicted molar refractivity (Wildman–Crippen MR) is 89.3 cm³/mol. The third-order valence-electron chi connectivity index (χ3n) is 4.07. The van der Waals surface area contributed by atoms with E-state index in [0.29, 0.717) is 12.6 Å². The topological polar surface area (TPSA) is 58.4 Å². The van der Waals surface area contributed by atoms with E-state index in [0.717, 1.165) is 36.7 Å². The standard InChI is InChI=1S/C15H21N3O.2ClH/c16-9-11-1-3-12(4-2-11)15(19)17-13-7-8-18(10-13)14-5-6-14;;/h1-4,13-14H,5-10,16H2,(H,17,19);2*1H. The molecule has 1 saturated carbocycles. The van der Waals surface area contributed by atoms with E-state index < -0.39 is 0 Å². The van der Waals surface area contributed by atoms with Crippen LogP contribution in [0.15, 0.2) is 24.3 Å². The summed E-state index contributed by atoms with van der Waals surface area (Å²) in [7, 11) is 0. The molecule has 1 atom stereocenters. The van der Waals surface area contributed by atoms with Crippen molar-refractivity contribution < 1.29 is 4.79 Å². The van der Waals surface area contributed by atoms with Crippen molar-refractivity contribution >= 4 is 30.7 Å². The van der Waals surface area contributed by atoms with Gasteiger partial charge in [0.1, 0.15) is 0 Å². The van der Waals surface area contributed by atoms with Gasteiger partial charge in [-0.25, -0.2) is 0 Å². The molecule has 1 aliphatic heterocycles. The molecule has 0 spiro atoms. The van der Waals surface area contributed by atoms with Crippen LogP contribution in [0.5, 0.6) is 0 Å². The van der Waals surface area contributed by atoms with E-state index in [-0.39, 0.29) is 30.7 Å². The minimum Gasteiger partial charge on any atom is -0.348 e. The maximum absolute atomic E-state index is 12.1. The Morgan fingerprint density at radius 3 is 2.43 bits per heavy atom. The number of halogens is 2. The molecule has 4 nitrogen and oxygen atoms in total. The lowest BCUT2D eigenvalue weighted by molar-refractivity contribution is 0.0937. The number of hydrogen-bond acceptors (Lipinski definition) is 3. The Labute approximate surface area is 138 Å². The van der Waals surface area contributed by atoms with E-state index in [4.69, 9.17) is 5.73 Å². The number of carbonyl (C=O) groups is 1. The van der Waals surface area contributed by atoms with Gasteiger partial charge in [-0.05, 0) is 37.0 Å². The zero-order chi connectivity index (χ0) is 13.2. The average molecular weight is 332 g/mol. The van der Waals surface area contributed by atoms with Crippen LogP contribution < -0.4 is 11.1 Å². The molecular weight excluding hydrogens is 309 g/mol. The summed E-state index contributed by atoms with van der Waals surface area (Å²) in [5, 5.41) is 3.13. The van der Waals surface area contributed by atoms with Gasteiger partial charge < -0.3 is 11.1 Å². The van der Waals surface area contributed by atoms with Crippen LogP contribution in [0, 0.1) is 0 Å². The lowest BCUT2D eigenvalue weighted by Gasteiger charge is -2.15. The van der Waals surface area contributed by atoms with Gasteiger partial charge in [0, 0.05) is 37.3 Å². The molecule has 0 radical (unpaired) electrons. The minimum absolute atomic E-state index is 0. The highest BCUT2D eigenvalue weighted by Gasteiger charge is 2.34. The number of amides is 1. The van der Waals surface area contributed by atoms with Crippen LogP contribution in [-0.4, -0.2) is 36.0 Å². The average Bonchev–Trinajstić information content (AvgIpc) is 3.20. The molecule has 6 heteroatoms. The summed E-state index contributed by atoms with van der Waals surface area (Å²) in [6.07, 6.45) is 3.74. The van der Waals surface area contributed by atoms with Gasteiger partial charge in [-0.2, -0.15) is 0 Å². The molecule has 1 aromatic carbocycles. The van der Waals surface area contributed by atoms with Gasteiger partial charge in [-0.1, -0.05) is 12.1 Å². The van der Waals surface area contributed by atoms with Crippen molar-refractivity contribution in [3.05, 3.63) is 35.4 Å². The number of nitrogens with zero attached hydrogens (tertiary/aromatic N) is 1. The second kappa shape index (κ2) is 7.99. The van der Waals surface area contributed by atoms with Gasteiger partial charge >= 0.3 is 0 Å². The summed E-state index contributed by atoms with van der Waals surface area (Å²) in [6.45, 7) is 2.65. The van der Waals surface area contributed by atoms with Crippen LogP contribution in [0.2, 0.25) is 0 Å². The molecule has 21 heavy (non-hydrogen) atoms. The lowest BCUT2D eigenvalue weighted by Crippen LogP contribution is -2.37. The largest absolute Gasteiger partial charge is 0.348 e. The van der Waals surface area contributed by atoms with Crippen molar-refractivity contribution in [2.24, 2.45) is 5.73 Å². The van der Waals surface area contributed by atoms with E-state index in [1.54, 1.807) is 0 Å². The van der Waals surface area contributed by atoms with Crippen molar-refractivity contribution in [1.29, 1.82) is 0 Å². The molecule has 1 aromatic rings. The van der Waals surface area contributed by atoms with Gasteiger partial charge in [-0.15, -0.1) is 24.8 Å². The minimum atomic E-state index is 0. The maximum Gasteiger partial charge on any atom is 0.251 e. The summed E-state index contributed by atoms with van der Waals surface area (Å²) >= 11 is 0. The number of hydrogen-bond donors (Lipinski definition) is 2. The number of nitrogens with two attached hydrogens (primary N) is 1. The van der Waals surface area contributed by atoms with Crippen LogP contribution >= 0.6 is 24.8 Å². The van der Waals surface area contributed by atoms with Gasteiger partial charge in [0.25, 0.3) is 5.91 Å². The fraction of sp³-hybridized carbons (Fsp3) is 0.533. The van der Waals surface area contributed by atoms with Gasteiger partial charge in [0.05, 0.1) is 0 Å². The van der Waals surface area contributed by atoms with Crippen LogP contribution in [0.4, 0.5) is 0 Å². The zero-order valence-corrected chi connectivity index (χ0v) is 13.6. The molecule has 0 aromatic heterocycles. The Morgan fingerprint density at radius 2 is 1.86 bits per heavy atom. The van der Waals surface area contributed by atoms with Crippen molar-refractivity contribution in [2.45, 2.75) is 37.9 Å². The first-order valence-electron chi connectivity index (χ1n) is 7.10. The van der Waals surface area contributed by atoms with Crippen LogP contribution in [0.25, 0.3) is 0 Å². The monoisotopic (exact) mass is 331 g/mol. The molecule has 1 unspecified atom stereocenters. The quantitative estimate of drug-likeness (QED) is 0.886. The Bertz CT molecular complexity index is 462. The number of likely N-dealkylation sites (tertiary alicyclic amines) is 1. The van der Waals surface area contributed by atoms with E-state index >= 15 is 0 Å². The summed E-state index contributed by atoms with van der Waals surface area (Å²) in [5.74, 6) is 0.0335. The molecule has 1 aliphatic carbocycles. The molecule has 1 heterocycles. The molecule has 1 saturated heterocycles. The van der Waals surface area contributed by atoms with Gasteiger partial charge in [-0.3, -0.25) is 9.69 Å². The Balaban J connectivity index is 0.00000110. The fourth-order valence-corrected chi connectivity index (χ4v) is 2.74. The summed E-state index contributed by atoms with van der Waals surface area (Å²) in [5.41, 5.74) is 7.33.